The lowest BCUT2D eigenvalue weighted by molar-refractivity contribution is -0.137. The topological polar surface area (TPSA) is 51.8 Å². The predicted octanol–water partition coefficient (Wildman–Crippen LogP) is 5.03. The Morgan fingerprint density at radius 2 is 1.58 bits per heavy atom. The van der Waals surface area contributed by atoms with E-state index in [-0.39, 0.29) is 5.89 Å². The first-order valence-electron chi connectivity index (χ1n) is 6.88. The van der Waals surface area contributed by atoms with Crippen molar-refractivity contribution in [3.8, 4) is 22.9 Å². The first-order valence-corrected chi connectivity index (χ1v) is 7.69. The fourth-order valence-corrected chi connectivity index (χ4v) is 3.09. The van der Waals surface area contributed by atoms with Gasteiger partial charge in [-0.3, -0.25) is 0 Å². The number of nitrogens with zero attached hydrogens (tertiary/aromatic N) is 3. The molecular formula is C16H8F3N3OS. The number of aromatic nitrogens is 3. The molecule has 0 fully saturated rings. The van der Waals surface area contributed by atoms with Crippen molar-refractivity contribution in [2.45, 2.75) is 6.18 Å². The van der Waals surface area contributed by atoms with Gasteiger partial charge in [-0.2, -0.15) is 13.2 Å². The summed E-state index contributed by atoms with van der Waals surface area (Å²) >= 11 is 0.590. The van der Waals surface area contributed by atoms with Gasteiger partial charge in [-0.05, 0) is 30.3 Å². The molecule has 0 spiro atoms. The quantitative estimate of drug-likeness (QED) is 0.510. The van der Waals surface area contributed by atoms with E-state index in [4.69, 9.17) is 4.42 Å². The van der Waals surface area contributed by atoms with Crippen molar-refractivity contribution in [3.63, 3.8) is 0 Å². The summed E-state index contributed by atoms with van der Waals surface area (Å²) in [5.74, 6) is 0.601. The highest BCUT2D eigenvalue weighted by molar-refractivity contribution is 7.18. The lowest BCUT2D eigenvalue weighted by Gasteiger charge is -1.98. The van der Waals surface area contributed by atoms with Gasteiger partial charge < -0.3 is 4.42 Å². The summed E-state index contributed by atoms with van der Waals surface area (Å²) in [4.78, 5) is 3.60. The van der Waals surface area contributed by atoms with Crippen LogP contribution in [0.3, 0.4) is 0 Å². The summed E-state index contributed by atoms with van der Waals surface area (Å²) in [6.07, 6.45) is -4.45. The molecule has 2 aromatic heterocycles. The van der Waals surface area contributed by atoms with Crippen LogP contribution in [-0.4, -0.2) is 15.2 Å². The minimum atomic E-state index is -4.45. The van der Waals surface area contributed by atoms with Crippen LogP contribution in [0.5, 0.6) is 0 Å². The smallest absolute Gasteiger partial charge is 0.416 e. The van der Waals surface area contributed by atoms with Gasteiger partial charge in [-0.1, -0.05) is 18.2 Å². The van der Waals surface area contributed by atoms with Gasteiger partial charge >= 0.3 is 6.18 Å². The summed E-state index contributed by atoms with van der Waals surface area (Å²) in [6.45, 7) is 0. The van der Waals surface area contributed by atoms with Crippen LogP contribution in [0, 0.1) is 0 Å². The van der Waals surface area contributed by atoms with Gasteiger partial charge in [0.2, 0.25) is 11.8 Å². The molecule has 8 heteroatoms. The molecule has 2 heterocycles. The Morgan fingerprint density at radius 3 is 2.29 bits per heavy atom. The molecule has 120 valence electrons. The molecule has 0 saturated heterocycles. The molecule has 0 amide bonds. The molecule has 0 aliphatic rings. The SMILES string of the molecule is FC(F)(F)c1nc2ccc(-c3nnc(-c4ccccc4)o3)cc2s1. The van der Waals surface area contributed by atoms with Gasteiger partial charge in [0.05, 0.1) is 10.2 Å². The van der Waals surface area contributed by atoms with Gasteiger partial charge in [0.15, 0.2) is 5.01 Å². The highest BCUT2D eigenvalue weighted by atomic mass is 32.1. The Morgan fingerprint density at radius 1 is 0.875 bits per heavy atom. The molecule has 0 radical (unpaired) electrons. The fourth-order valence-electron chi connectivity index (χ4n) is 2.22. The van der Waals surface area contributed by atoms with Crippen molar-refractivity contribution < 1.29 is 17.6 Å². The summed E-state index contributed by atoms with van der Waals surface area (Å²) in [6, 6.07) is 13.9. The van der Waals surface area contributed by atoms with Crippen LogP contribution in [-0.2, 0) is 6.18 Å². The zero-order valence-electron chi connectivity index (χ0n) is 11.9. The van der Waals surface area contributed by atoms with Crippen LogP contribution >= 0.6 is 11.3 Å². The Hall–Kier alpha value is -2.74. The van der Waals surface area contributed by atoms with Crippen LogP contribution in [0.15, 0.2) is 52.9 Å². The van der Waals surface area contributed by atoms with Crippen LogP contribution in [0.25, 0.3) is 33.1 Å². The zero-order valence-corrected chi connectivity index (χ0v) is 12.7. The molecule has 0 aliphatic carbocycles. The second kappa shape index (κ2) is 5.41. The molecular weight excluding hydrogens is 339 g/mol. The second-order valence-electron chi connectivity index (χ2n) is 4.98. The maximum atomic E-state index is 12.7. The molecule has 0 aliphatic heterocycles. The molecule has 0 unspecified atom stereocenters. The summed E-state index contributed by atoms with van der Waals surface area (Å²) in [5, 5.41) is 7.08. The maximum absolute atomic E-state index is 12.7. The van der Waals surface area contributed by atoms with Gasteiger partial charge in [-0.15, -0.1) is 21.5 Å². The minimum Gasteiger partial charge on any atom is -0.416 e. The minimum absolute atomic E-state index is 0.248. The van der Waals surface area contributed by atoms with Crippen LogP contribution in [0.1, 0.15) is 5.01 Å². The van der Waals surface area contributed by atoms with E-state index >= 15 is 0 Å². The van der Waals surface area contributed by atoms with Gasteiger partial charge in [0.25, 0.3) is 0 Å². The van der Waals surface area contributed by atoms with E-state index in [1.54, 1.807) is 12.1 Å². The largest absolute Gasteiger partial charge is 0.443 e. The number of fused-ring (bicyclic) bond motifs is 1. The molecule has 2 aromatic carbocycles. The third kappa shape index (κ3) is 2.65. The van der Waals surface area contributed by atoms with Gasteiger partial charge in [-0.25, -0.2) is 4.98 Å². The monoisotopic (exact) mass is 347 g/mol. The molecule has 4 nitrogen and oxygen atoms in total. The third-order valence-electron chi connectivity index (χ3n) is 3.32. The van der Waals surface area contributed by atoms with E-state index in [2.05, 4.69) is 15.2 Å². The molecule has 4 aromatic rings. The van der Waals surface area contributed by atoms with Crippen molar-refractivity contribution in [3.05, 3.63) is 53.5 Å². The average Bonchev–Trinajstić information content (AvgIpc) is 3.21. The molecule has 0 atom stereocenters. The van der Waals surface area contributed by atoms with Gasteiger partial charge in [0.1, 0.15) is 0 Å². The summed E-state index contributed by atoms with van der Waals surface area (Å²) in [7, 11) is 0. The van der Waals surface area contributed by atoms with Crippen molar-refractivity contribution >= 4 is 21.6 Å². The maximum Gasteiger partial charge on any atom is 0.443 e. The Kier molecular flexibility index (Phi) is 3.34. The van der Waals surface area contributed by atoms with E-state index in [1.165, 1.54) is 6.07 Å². The Balaban J connectivity index is 1.73. The predicted molar refractivity (Wildman–Crippen MR) is 83.4 cm³/mol. The first kappa shape index (κ1) is 14.8. The summed E-state index contributed by atoms with van der Waals surface area (Å²) in [5.41, 5.74) is 1.61. The standard InChI is InChI=1S/C16H8F3N3OS/c17-16(18,19)15-20-11-7-6-10(8-12(11)24-15)14-22-21-13(23-14)9-4-2-1-3-5-9/h1-8H. The number of alkyl halides is 3. The molecule has 0 saturated carbocycles. The van der Waals surface area contributed by atoms with E-state index in [1.807, 2.05) is 30.3 Å². The number of hydrogen-bond donors (Lipinski definition) is 0. The van der Waals surface area contributed by atoms with Crippen molar-refractivity contribution in [1.29, 1.82) is 0 Å². The molecule has 0 N–H and O–H groups in total. The van der Waals surface area contributed by atoms with E-state index in [0.717, 1.165) is 5.56 Å². The molecule has 24 heavy (non-hydrogen) atoms. The highest BCUT2D eigenvalue weighted by Crippen LogP contribution is 2.36. The normalized spacial score (nSPS) is 12.0. The number of halogens is 3. The number of hydrogen-bond acceptors (Lipinski definition) is 5. The fraction of sp³-hybridized carbons (Fsp3) is 0.0625. The lowest BCUT2D eigenvalue weighted by atomic mass is 10.2. The number of thiazole rings is 1. The zero-order chi connectivity index (χ0) is 16.7. The van der Waals surface area contributed by atoms with Gasteiger partial charge in [0, 0.05) is 11.1 Å². The Labute approximate surface area is 137 Å². The number of benzene rings is 2. The van der Waals surface area contributed by atoms with E-state index in [9.17, 15) is 13.2 Å². The molecule has 4 rings (SSSR count). The third-order valence-corrected chi connectivity index (χ3v) is 4.39. The van der Waals surface area contributed by atoms with Crippen LogP contribution < -0.4 is 0 Å². The second-order valence-corrected chi connectivity index (χ2v) is 6.01. The van der Waals surface area contributed by atoms with Crippen LogP contribution in [0.4, 0.5) is 13.2 Å². The lowest BCUT2D eigenvalue weighted by Crippen LogP contribution is -2.03. The van der Waals surface area contributed by atoms with Crippen LogP contribution in [0.2, 0.25) is 0 Å². The van der Waals surface area contributed by atoms with E-state index < -0.39 is 11.2 Å². The van der Waals surface area contributed by atoms with E-state index in [0.29, 0.717) is 33.0 Å². The average molecular weight is 347 g/mol. The first-order chi connectivity index (χ1) is 11.5. The number of rotatable bonds is 2. The van der Waals surface area contributed by atoms with Crippen molar-refractivity contribution in [2.24, 2.45) is 0 Å². The summed E-state index contributed by atoms with van der Waals surface area (Å²) < 4.78 is 44.3. The van der Waals surface area contributed by atoms with Crippen molar-refractivity contribution in [1.82, 2.24) is 15.2 Å². The Bertz CT molecular complexity index is 1010. The highest BCUT2D eigenvalue weighted by Gasteiger charge is 2.34. The molecule has 0 bridgehead atoms. The van der Waals surface area contributed by atoms with Crippen molar-refractivity contribution in [2.75, 3.05) is 0 Å².